The molecule has 3 fully saturated rings. The zero-order valence-corrected chi connectivity index (χ0v) is 20.6. The summed E-state index contributed by atoms with van der Waals surface area (Å²) in [4.78, 5) is 27.7. The van der Waals surface area contributed by atoms with E-state index in [1.807, 2.05) is 0 Å². The van der Waals surface area contributed by atoms with E-state index >= 15 is 0 Å². The normalized spacial score (nSPS) is 25.7. The predicted molar refractivity (Wildman–Crippen MR) is 123 cm³/mol. The van der Waals surface area contributed by atoms with Crippen molar-refractivity contribution in [2.24, 2.45) is 5.92 Å². The zero-order chi connectivity index (χ0) is 24.7. The van der Waals surface area contributed by atoms with Crippen LogP contribution in [-0.2, 0) is 26.3 Å². The lowest BCUT2D eigenvalue weighted by molar-refractivity contribution is -0.142. The molecule has 0 spiro atoms. The van der Waals surface area contributed by atoms with Gasteiger partial charge in [-0.05, 0) is 50.3 Å². The van der Waals surface area contributed by atoms with Gasteiger partial charge in [-0.2, -0.15) is 17.0 Å². The molecule has 2 amide bonds. The van der Waals surface area contributed by atoms with Gasteiger partial charge < -0.3 is 15.3 Å². The molecule has 3 aliphatic heterocycles. The van der Waals surface area contributed by atoms with Gasteiger partial charge in [0, 0.05) is 39.3 Å². The van der Waals surface area contributed by atoms with Crippen LogP contribution in [0, 0.1) is 11.7 Å². The minimum absolute atomic E-state index is 0.00525. The molecule has 1 aromatic rings. The molecule has 3 heterocycles. The van der Waals surface area contributed by atoms with E-state index in [1.54, 1.807) is 17.9 Å². The topological polar surface area (TPSA) is 110 Å². The van der Waals surface area contributed by atoms with Crippen molar-refractivity contribution in [3.63, 3.8) is 0 Å². The molecule has 0 saturated carbocycles. The van der Waals surface area contributed by atoms with Crippen LogP contribution in [0.2, 0.25) is 5.02 Å². The number of benzene rings is 1. The zero-order valence-electron chi connectivity index (χ0n) is 19.0. The third-order valence-electron chi connectivity index (χ3n) is 6.71. The van der Waals surface area contributed by atoms with Gasteiger partial charge in [-0.15, -0.1) is 0 Å². The maximum atomic E-state index is 13.6. The molecule has 9 nitrogen and oxygen atoms in total. The van der Waals surface area contributed by atoms with E-state index < -0.39 is 33.6 Å². The van der Waals surface area contributed by atoms with E-state index in [9.17, 15) is 27.5 Å². The number of nitrogens with zero attached hydrogens (tertiary/aromatic N) is 3. The average molecular weight is 517 g/mol. The fourth-order valence-electron chi connectivity index (χ4n) is 4.89. The van der Waals surface area contributed by atoms with Crippen molar-refractivity contribution in [1.82, 2.24) is 18.8 Å². The van der Waals surface area contributed by atoms with Gasteiger partial charge in [-0.1, -0.05) is 17.7 Å². The minimum Gasteiger partial charge on any atom is -0.387 e. The van der Waals surface area contributed by atoms with Crippen molar-refractivity contribution < 1.29 is 27.5 Å². The Labute approximate surface area is 204 Å². The Morgan fingerprint density at radius 2 is 1.91 bits per heavy atom. The van der Waals surface area contributed by atoms with Crippen molar-refractivity contribution in [3.05, 3.63) is 34.6 Å². The van der Waals surface area contributed by atoms with E-state index in [-0.39, 0.29) is 43.0 Å². The average Bonchev–Trinajstić information content (AvgIpc) is 3.27. The van der Waals surface area contributed by atoms with Gasteiger partial charge in [-0.25, -0.2) is 4.39 Å². The van der Waals surface area contributed by atoms with Crippen LogP contribution in [0.3, 0.4) is 0 Å². The monoisotopic (exact) mass is 516 g/mol. The molecule has 1 aromatic carbocycles. The van der Waals surface area contributed by atoms with Crippen LogP contribution in [0.15, 0.2) is 18.2 Å². The molecule has 188 valence electrons. The SMILES string of the molecule is CC1(O)CN(S(=O)(=O)N2CCC[C@H](C(=O)N3CCC[C@@H]3C(=O)NCc3ccc(Cl)c(F)c3)C2)C1. The van der Waals surface area contributed by atoms with E-state index in [0.717, 1.165) is 0 Å². The highest BCUT2D eigenvalue weighted by Gasteiger charge is 2.47. The number of nitrogens with one attached hydrogen (secondary N) is 1. The molecule has 0 aromatic heterocycles. The standard InChI is InChI=1S/C22H30ClFN4O5S/c1-22(31)13-27(14-22)34(32,33)26-8-2-4-16(12-26)21(30)28-9-3-5-19(28)20(29)25-11-15-6-7-17(23)18(24)10-15/h6-7,10,16,19,31H,2-5,8-9,11-14H2,1H3,(H,25,29)/t16-,19+/m0/s1. The fraction of sp³-hybridized carbons (Fsp3) is 0.636. The van der Waals surface area contributed by atoms with Crippen molar-refractivity contribution in [1.29, 1.82) is 0 Å². The van der Waals surface area contributed by atoms with Crippen molar-refractivity contribution >= 4 is 33.6 Å². The number of aliphatic hydroxyl groups is 1. The molecule has 2 atom stereocenters. The largest absolute Gasteiger partial charge is 0.387 e. The van der Waals surface area contributed by atoms with E-state index in [1.165, 1.54) is 20.7 Å². The first-order valence-corrected chi connectivity index (χ1v) is 13.3. The van der Waals surface area contributed by atoms with Crippen LogP contribution >= 0.6 is 11.6 Å². The summed E-state index contributed by atoms with van der Waals surface area (Å²) in [5.74, 6) is -1.62. The highest BCUT2D eigenvalue weighted by Crippen LogP contribution is 2.30. The molecule has 3 aliphatic rings. The number of piperidine rings is 1. The number of halogens is 2. The smallest absolute Gasteiger partial charge is 0.282 e. The molecule has 3 saturated heterocycles. The van der Waals surface area contributed by atoms with Crippen molar-refractivity contribution in [2.45, 2.75) is 50.8 Å². The molecule has 4 rings (SSSR count). The van der Waals surface area contributed by atoms with Gasteiger partial charge in [0.2, 0.25) is 11.8 Å². The summed E-state index contributed by atoms with van der Waals surface area (Å²) in [5, 5.41) is 12.7. The molecule has 0 radical (unpaired) electrons. The number of carbonyl (C=O) groups is 2. The van der Waals surface area contributed by atoms with Gasteiger partial charge in [0.05, 0.1) is 16.5 Å². The molecule has 0 aliphatic carbocycles. The number of hydrogen-bond acceptors (Lipinski definition) is 5. The Hall–Kier alpha value is -1.79. The van der Waals surface area contributed by atoms with E-state index in [0.29, 0.717) is 44.3 Å². The summed E-state index contributed by atoms with van der Waals surface area (Å²) in [6, 6.07) is 3.67. The van der Waals surface area contributed by atoms with Crippen LogP contribution in [0.25, 0.3) is 0 Å². The molecular weight excluding hydrogens is 487 g/mol. The van der Waals surface area contributed by atoms with Crippen LogP contribution < -0.4 is 5.32 Å². The van der Waals surface area contributed by atoms with Gasteiger partial charge in [0.15, 0.2) is 0 Å². The minimum atomic E-state index is -3.75. The van der Waals surface area contributed by atoms with E-state index in [4.69, 9.17) is 11.6 Å². The van der Waals surface area contributed by atoms with Crippen LogP contribution in [0.5, 0.6) is 0 Å². The number of rotatable bonds is 6. The fourth-order valence-corrected chi connectivity index (χ4v) is 6.94. The molecule has 0 unspecified atom stereocenters. The molecule has 12 heteroatoms. The van der Waals surface area contributed by atoms with E-state index in [2.05, 4.69) is 5.32 Å². The summed E-state index contributed by atoms with van der Waals surface area (Å²) < 4.78 is 42.0. The Bertz CT molecular complexity index is 1060. The Morgan fingerprint density at radius 1 is 1.21 bits per heavy atom. The maximum absolute atomic E-state index is 13.6. The summed E-state index contributed by atoms with van der Waals surface area (Å²) in [6.07, 6.45) is 2.30. The number of hydrogen-bond donors (Lipinski definition) is 2. The second kappa shape index (κ2) is 9.69. The number of amides is 2. The van der Waals surface area contributed by atoms with Gasteiger partial charge in [0.25, 0.3) is 10.2 Å². The number of β-amino-alcohol motifs (C(OH)–C–C–N with tert-alkyl or cyclic N) is 1. The summed E-state index contributed by atoms with van der Waals surface area (Å²) >= 11 is 5.69. The van der Waals surface area contributed by atoms with Crippen LogP contribution in [0.1, 0.15) is 38.2 Å². The highest BCUT2D eigenvalue weighted by atomic mass is 35.5. The quantitative estimate of drug-likeness (QED) is 0.588. The third-order valence-corrected chi connectivity index (χ3v) is 8.91. The summed E-state index contributed by atoms with van der Waals surface area (Å²) in [7, 11) is -3.75. The second-order valence-electron chi connectivity index (χ2n) is 9.63. The Kier molecular flexibility index (Phi) is 7.21. The summed E-state index contributed by atoms with van der Waals surface area (Å²) in [5.41, 5.74) is -0.462. The van der Waals surface area contributed by atoms with Crippen LogP contribution in [-0.4, -0.2) is 83.2 Å². The summed E-state index contributed by atoms with van der Waals surface area (Å²) in [6.45, 7) is 2.60. The lowest BCUT2D eigenvalue weighted by atomic mass is 9.97. The highest BCUT2D eigenvalue weighted by molar-refractivity contribution is 7.86. The first-order chi connectivity index (χ1) is 16.0. The van der Waals surface area contributed by atoms with Crippen molar-refractivity contribution in [2.75, 3.05) is 32.7 Å². The van der Waals surface area contributed by atoms with Crippen molar-refractivity contribution in [3.8, 4) is 0 Å². The lowest BCUT2D eigenvalue weighted by Gasteiger charge is -2.46. The maximum Gasteiger partial charge on any atom is 0.282 e. The first-order valence-electron chi connectivity index (χ1n) is 11.5. The van der Waals surface area contributed by atoms with Gasteiger partial charge in [-0.3, -0.25) is 9.59 Å². The molecule has 2 N–H and O–H groups in total. The second-order valence-corrected chi connectivity index (χ2v) is 12.0. The Balaban J connectivity index is 1.36. The van der Waals surface area contributed by atoms with Crippen LogP contribution in [0.4, 0.5) is 4.39 Å². The molecule has 34 heavy (non-hydrogen) atoms. The van der Waals surface area contributed by atoms with Gasteiger partial charge in [0.1, 0.15) is 11.9 Å². The number of carbonyl (C=O) groups excluding carboxylic acids is 2. The first kappa shape index (κ1) is 25.3. The van der Waals surface area contributed by atoms with Gasteiger partial charge >= 0.3 is 0 Å². The molecule has 0 bridgehead atoms. The lowest BCUT2D eigenvalue weighted by Crippen LogP contribution is -2.65. The number of likely N-dealkylation sites (tertiary alicyclic amines) is 1. The predicted octanol–water partition coefficient (Wildman–Crippen LogP) is 1.11. The Morgan fingerprint density at radius 3 is 2.59 bits per heavy atom. The molecular formula is C22H30ClFN4O5S. The third kappa shape index (κ3) is 5.23.